The van der Waals surface area contributed by atoms with Crippen molar-refractivity contribution >= 4 is 29.7 Å². The van der Waals surface area contributed by atoms with Gasteiger partial charge in [0.25, 0.3) is 0 Å². The average Bonchev–Trinajstić information content (AvgIpc) is 0.747. The Hall–Kier alpha value is -2.71. The van der Waals surface area contributed by atoms with Crippen LogP contribution in [0.4, 0.5) is 0 Å². The zero-order valence-corrected chi connectivity index (χ0v) is 73.2. The molecule has 0 bridgehead atoms. The Morgan fingerprint density at radius 1 is 0.483 bits per heavy atom. The molecule has 4 aliphatic rings. The van der Waals surface area contributed by atoms with E-state index in [1.165, 1.54) is 173 Å². The van der Waals surface area contributed by atoms with Gasteiger partial charge in [0.1, 0.15) is 104 Å². The quantitative estimate of drug-likeness (QED) is 0.0179. The summed E-state index contributed by atoms with van der Waals surface area (Å²) >= 11 is 0. The molecule has 4 heterocycles. The summed E-state index contributed by atoms with van der Waals surface area (Å²) < 4.78 is 54.9. The Balaban J connectivity index is 0.0000348. The maximum Gasteiger partial charge on any atom is 1.00 e. The van der Waals surface area contributed by atoms with Crippen molar-refractivity contribution in [2.75, 3.05) is 33.0 Å². The minimum Gasteiger partial charge on any atom is -0.544 e. The molecule has 0 aromatic rings. The molecule has 4 rings (SSSR count). The summed E-state index contributed by atoms with van der Waals surface area (Å²) in [7, 11) is 0. The van der Waals surface area contributed by atoms with Crippen LogP contribution in [0.3, 0.4) is 0 Å². The van der Waals surface area contributed by atoms with E-state index >= 15 is 0 Å². The van der Waals surface area contributed by atoms with Crippen LogP contribution in [0.5, 0.6) is 0 Å². The predicted octanol–water partition coefficient (Wildman–Crippen LogP) is 3.62. The number of allylic oxidation sites excluding steroid dienone is 1. The van der Waals surface area contributed by atoms with Crippen molar-refractivity contribution in [3.63, 3.8) is 0 Å². The fourth-order valence-corrected chi connectivity index (χ4v) is 15.8. The van der Waals surface area contributed by atoms with E-state index in [2.05, 4.69) is 36.7 Å². The standard InChI is InChI=1S/C85H155N3O27.Na/c1-6-9-12-15-18-21-24-27-29-32-35-38-41-44-47-50-67(97)88-60(63(49-46-43-40-37-34-31-26-23-20-17-14-11-8-3)108-68(98)51-48-45-42-39-36-33-30-28-25-22-19-16-13-10-7-2)57-107-82-75(103)74(102)77(65(55-91)110-82)112-83-76(104)80(78(66(56-92)111-83)113-81-70(87-59(5)94)73(101)72(100)64(54-90)109-81)115-85(84(105)106)52-61(95)69(86-58(4)93)79(114-85)71(99)62(96)53-89;/h46,49,60-66,69-83,89-92,95-96,99-104H,6-45,47-48,50-57H2,1-5H3,(H,86,93)(H,87,94)(H,88,97)(H,105,106);/q;+1/p-1/b49-46+;/t60?,61-,62-,63?,64-,65-,66-,69+,70-,71+,72+,73-,74-,75-,76-,77-,78+,79?,80-,81+,82-,83+,85-;/m1./s1. The number of esters is 1. The van der Waals surface area contributed by atoms with Gasteiger partial charge < -0.3 is 130 Å². The molecule has 15 N–H and O–H groups in total. The number of amides is 3. The summed E-state index contributed by atoms with van der Waals surface area (Å²) in [5, 5.41) is 156. The molecule has 116 heavy (non-hydrogen) atoms. The number of aliphatic hydroxyl groups is 12. The fourth-order valence-electron chi connectivity index (χ4n) is 15.8. The molecule has 0 aliphatic carbocycles. The van der Waals surface area contributed by atoms with Crippen molar-refractivity contribution in [1.82, 2.24) is 16.0 Å². The van der Waals surface area contributed by atoms with Crippen molar-refractivity contribution < 1.29 is 163 Å². The minimum atomic E-state index is -3.41. The van der Waals surface area contributed by atoms with Gasteiger partial charge >= 0.3 is 35.5 Å². The van der Waals surface area contributed by atoms with Gasteiger partial charge in [-0.25, -0.2) is 0 Å². The van der Waals surface area contributed by atoms with E-state index in [9.17, 15) is 90.4 Å². The summed E-state index contributed by atoms with van der Waals surface area (Å²) in [4.78, 5) is 66.9. The average molecular weight is 1670 g/mol. The van der Waals surface area contributed by atoms with E-state index in [1.54, 1.807) is 6.08 Å². The van der Waals surface area contributed by atoms with Gasteiger partial charge in [0.05, 0.1) is 51.2 Å². The number of carbonyl (C=O) groups excluding carboxylic acids is 5. The number of aliphatic hydroxyl groups excluding tert-OH is 12. The maximum absolute atomic E-state index is 14.2. The van der Waals surface area contributed by atoms with E-state index in [4.69, 9.17) is 42.6 Å². The van der Waals surface area contributed by atoms with Gasteiger partial charge in [0, 0.05) is 33.1 Å². The summed E-state index contributed by atoms with van der Waals surface area (Å²) in [6.45, 7) is 3.87. The number of carboxylic acid groups (broad SMARTS) is 1. The number of rotatable bonds is 66. The normalized spacial score (nSPS) is 28.7. The second-order valence-electron chi connectivity index (χ2n) is 32.6. The van der Waals surface area contributed by atoms with Crippen LogP contribution >= 0.6 is 0 Å². The predicted molar refractivity (Wildman–Crippen MR) is 427 cm³/mol. The molecule has 0 radical (unpaired) electrons. The molecule has 0 aromatic heterocycles. The first-order chi connectivity index (χ1) is 55.5. The Morgan fingerprint density at radius 3 is 1.34 bits per heavy atom. The zero-order valence-electron chi connectivity index (χ0n) is 71.2. The zero-order chi connectivity index (χ0) is 84.3. The molecule has 672 valence electrons. The monoisotopic (exact) mass is 1670 g/mol. The second kappa shape index (κ2) is 63.2. The van der Waals surface area contributed by atoms with E-state index < -0.39 is 204 Å². The summed E-state index contributed by atoms with van der Waals surface area (Å²) in [5.74, 6) is -8.26. The fraction of sp³-hybridized carbons (Fsp3) is 0.918. The SMILES string of the molecule is CCCCCCCCCCCCC/C=C/C(OC(=O)CCCCCCCCCCCCCCCCC)C(CO[C@@H]1O[C@H](CO)[C@@H](O[C@@H]2O[C@H](CO)[C@H](O[C@@H]3O[C@H](CO)[C@H](O)[C@H](O)[C@H]3NC(C)=O)[C@H](O[C@@]3(C(=O)[O-])C[C@@H](O)[C@H](NC(C)=O)C([C@@H](O)[C@H](O)CO)O3)[C@H]2O)[C@H](O)[C@H]1O)NC(=O)CCCCCCCCCCCCCCCCC.[Na+]. The van der Waals surface area contributed by atoms with Crippen LogP contribution in [0.25, 0.3) is 0 Å². The van der Waals surface area contributed by atoms with Crippen LogP contribution in [-0.4, -0.2) is 264 Å². The van der Waals surface area contributed by atoms with Gasteiger partial charge in [-0.1, -0.05) is 271 Å². The van der Waals surface area contributed by atoms with Crippen LogP contribution in [-0.2, 0) is 66.6 Å². The van der Waals surface area contributed by atoms with Gasteiger partial charge in [0.2, 0.25) is 23.5 Å². The van der Waals surface area contributed by atoms with Crippen LogP contribution in [0, 0.1) is 0 Å². The van der Waals surface area contributed by atoms with Gasteiger partial charge in [-0.05, 0) is 31.8 Å². The smallest absolute Gasteiger partial charge is 0.544 e. The van der Waals surface area contributed by atoms with Gasteiger partial charge in [-0.3, -0.25) is 19.2 Å². The molecule has 4 fully saturated rings. The number of hydrogen-bond acceptors (Lipinski definition) is 27. The van der Waals surface area contributed by atoms with Crippen molar-refractivity contribution in [2.24, 2.45) is 0 Å². The Labute approximate surface area is 713 Å². The van der Waals surface area contributed by atoms with Gasteiger partial charge in [0.15, 0.2) is 18.9 Å². The summed E-state index contributed by atoms with van der Waals surface area (Å²) in [5.41, 5.74) is 0. The Morgan fingerprint density at radius 2 is 0.897 bits per heavy atom. The molecule has 0 saturated carbocycles. The first kappa shape index (κ1) is 107. The molecule has 4 saturated heterocycles. The second-order valence-corrected chi connectivity index (χ2v) is 32.6. The third-order valence-corrected chi connectivity index (χ3v) is 22.7. The molecular formula is C85H154N3NaO27. The van der Waals surface area contributed by atoms with Crippen molar-refractivity contribution in [3.05, 3.63) is 12.2 Å². The van der Waals surface area contributed by atoms with E-state index in [1.807, 2.05) is 6.08 Å². The van der Waals surface area contributed by atoms with E-state index in [-0.39, 0.29) is 48.3 Å². The van der Waals surface area contributed by atoms with E-state index in [0.717, 1.165) is 90.9 Å². The Kier molecular flexibility index (Phi) is 58.6. The summed E-state index contributed by atoms with van der Waals surface area (Å²) in [6.07, 6.45) is 12.0. The van der Waals surface area contributed by atoms with Crippen molar-refractivity contribution in [1.29, 1.82) is 0 Å². The number of unbranched alkanes of at least 4 members (excludes halogenated alkanes) is 39. The minimum absolute atomic E-state index is 0. The first-order valence-electron chi connectivity index (χ1n) is 44.5. The number of nitrogens with one attached hydrogen (secondary N) is 3. The number of carbonyl (C=O) groups is 5. The number of hydrogen-bond donors (Lipinski definition) is 15. The van der Waals surface area contributed by atoms with Crippen LogP contribution in [0.15, 0.2) is 12.2 Å². The molecular weight excluding hydrogens is 1520 g/mol. The molecule has 0 spiro atoms. The van der Waals surface area contributed by atoms with Crippen LogP contribution in [0.2, 0.25) is 0 Å². The summed E-state index contributed by atoms with van der Waals surface area (Å²) in [6, 6.07) is -4.59. The van der Waals surface area contributed by atoms with Crippen molar-refractivity contribution in [3.8, 4) is 0 Å². The number of ether oxygens (including phenoxy) is 9. The third kappa shape index (κ3) is 39.9. The van der Waals surface area contributed by atoms with Gasteiger partial charge in [-0.15, -0.1) is 0 Å². The molecule has 30 nitrogen and oxygen atoms in total. The Bertz CT molecular complexity index is 2590. The molecule has 31 heteroatoms. The van der Waals surface area contributed by atoms with Crippen LogP contribution < -0.4 is 50.6 Å². The topological polar surface area (TPSA) is 470 Å². The largest absolute Gasteiger partial charge is 1.00 e. The number of aliphatic carboxylic acids is 1. The molecule has 0 aromatic carbocycles. The molecule has 3 amide bonds. The molecule has 3 unspecified atom stereocenters. The van der Waals surface area contributed by atoms with Gasteiger partial charge in [-0.2, -0.15) is 0 Å². The maximum atomic E-state index is 14.2. The third-order valence-electron chi connectivity index (χ3n) is 22.7. The van der Waals surface area contributed by atoms with Crippen molar-refractivity contribution in [2.45, 2.75) is 464 Å². The molecule has 4 aliphatic heterocycles. The first-order valence-corrected chi connectivity index (χ1v) is 44.5. The van der Waals surface area contributed by atoms with E-state index in [0.29, 0.717) is 19.3 Å². The molecule has 23 atom stereocenters. The number of carboxylic acids is 1. The van der Waals surface area contributed by atoms with Crippen LogP contribution in [0.1, 0.15) is 324 Å².